The summed E-state index contributed by atoms with van der Waals surface area (Å²) >= 11 is 1.44. The van der Waals surface area contributed by atoms with E-state index in [4.69, 9.17) is 0 Å². The van der Waals surface area contributed by atoms with Gasteiger partial charge in [0.25, 0.3) is 5.91 Å². The van der Waals surface area contributed by atoms with Crippen LogP contribution < -0.4 is 5.32 Å². The Kier molecular flexibility index (Phi) is 5.27. The van der Waals surface area contributed by atoms with Crippen molar-refractivity contribution in [1.29, 1.82) is 0 Å². The zero-order valence-electron chi connectivity index (χ0n) is 15.4. The van der Waals surface area contributed by atoms with E-state index in [-0.39, 0.29) is 5.82 Å². The lowest BCUT2D eigenvalue weighted by atomic mass is 10.1. The minimum Gasteiger partial charge on any atom is -0.305 e. The molecule has 4 rings (SSSR count). The van der Waals surface area contributed by atoms with Gasteiger partial charge in [-0.3, -0.25) is 9.78 Å². The highest BCUT2D eigenvalue weighted by Crippen LogP contribution is 2.24. The molecular weight excluding hydrogens is 417 g/mol. The SMILES string of the molecule is CCc1nn(-c2nccs2)cc1-c1cnc(NC(=O)c2c(F)cc(F)cc2F)cn1. The summed E-state index contributed by atoms with van der Waals surface area (Å²) in [6, 6.07) is 0.859. The number of aromatic nitrogens is 5. The number of rotatable bonds is 5. The van der Waals surface area contributed by atoms with Gasteiger partial charge < -0.3 is 5.32 Å². The Morgan fingerprint density at radius 3 is 2.50 bits per heavy atom. The van der Waals surface area contributed by atoms with Crippen LogP contribution in [0.2, 0.25) is 0 Å². The predicted molar refractivity (Wildman–Crippen MR) is 104 cm³/mol. The lowest BCUT2D eigenvalue weighted by molar-refractivity contribution is 0.101. The summed E-state index contributed by atoms with van der Waals surface area (Å²) in [7, 11) is 0. The fourth-order valence-electron chi connectivity index (χ4n) is 2.78. The molecule has 0 radical (unpaired) electrons. The highest BCUT2D eigenvalue weighted by atomic mass is 32.1. The van der Waals surface area contributed by atoms with Crippen LogP contribution in [0, 0.1) is 17.5 Å². The number of anilines is 1. The maximum absolute atomic E-state index is 13.8. The normalized spacial score (nSPS) is 10.9. The zero-order valence-corrected chi connectivity index (χ0v) is 16.3. The molecular formula is C19H13F3N6OS. The highest BCUT2D eigenvalue weighted by Gasteiger charge is 2.20. The van der Waals surface area contributed by atoms with E-state index in [1.165, 1.54) is 23.7 Å². The minimum absolute atomic E-state index is 0.0164. The van der Waals surface area contributed by atoms with Crippen molar-refractivity contribution in [3.8, 4) is 16.4 Å². The Morgan fingerprint density at radius 1 is 1.13 bits per heavy atom. The van der Waals surface area contributed by atoms with Crippen LogP contribution >= 0.6 is 11.3 Å². The largest absolute Gasteiger partial charge is 0.305 e. The molecule has 0 aliphatic heterocycles. The number of thiazole rings is 1. The van der Waals surface area contributed by atoms with E-state index in [9.17, 15) is 18.0 Å². The van der Waals surface area contributed by atoms with Crippen LogP contribution in [0.1, 0.15) is 23.0 Å². The highest BCUT2D eigenvalue weighted by molar-refractivity contribution is 7.12. The van der Waals surface area contributed by atoms with Crippen LogP contribution in [0.5, 0.6) is 0 Å². The molecule has 0 aliphatic rings. The van der Waals surface area contributed by atoms with Crippen molar-refractivity contribution in [1.82, 2.24) is 24.7 Å². The second kappa shape index (κ2) is 8.03. The van der Waals surface area contributed by atoms with Crippen molar-refractivity contribution in [3.63, 3.8) is 0 Å². The Morgan fingerprint density at radius 2 is 1.90 bits per heavy atom. The number of nitrogens with one attached hydrogen (secondary N) is 1. The first kappa shape index (κ1) is 19.7. The van der Waals surface area contributed by atoms with Crippen molar-refractivity contribution < 1.29 is 18.0 Å². The molecule has 0 atom stereocenters. The molecule has 0 spiro atoms. The van der Waals surface area contributed by atoms with Gasteiger partial charge in [-0.25, -0.2) is 27.8 Å². The van der Waals surface area contributed by atoms with Gasteiger partial charge in [0.05, 0.1) is 23.8 Å². The van der Waals surface area contributed by atoms with Crippen LogP contribution in [-0.4, -0.2) is 30.6 Å². The molecule has 0 unspecified atom stereocenters. The van der Waals surface area contributed by atoms with E-state index in [0.29, 0.717) is 29.4 Å². The van der Waals surface area contributed by atoms with Gasteiger partial charge in [0.2, 0.25) is 5.13 Å². The second-order valence-corrected chi connectivity index (χ2v) is 6.96. The van der Waals surface area contributed by atoms with Crippen LogP contribution in [0.15, 0.2) is 42.3 Å². The molecule has 152 valence electrons. The van der Waals surface area contributed by atoms with Gasteiger partial charge in [-0.2, -0.15) is 5.10 Å². The predicted octanol–water partition coefficient (Wildman–Crippen LogP) is 4.02. The molecule has 1 N–H and O–H groups in total. The van der Waals surface area contributed by atoms with Crippen molar-refractivity contribution in [2.75, 3.05) is 5.32 Å². The summed E-state index contributed by atoms with van der Waals surface area (Å²) in [6.07, 6.45) is 6.78. The maximum Gasteiger partial charge on any atom is 0.262 e. The first-order valence-electron chi connectivity index (χ1n) is 8.73. The maximum atomic E-state index is 13.8. The monoisotopic (exact) mass is 430 g/mol. The number of carbonyl (C=O) groups is 1. The third kappa shape index (κ3) is 3.79. The van der Waals surface area contributed by atoms with E-state index in [1.54, 1.807) is 17.1 Å². The van der Waals surface area contributed by atoms with Gasteiger partial charge in [-0.15, -0.1) is 11.3 Å². The van der Waals surface area contributed by atoms with Gasteiger partial charge in [-0.05, 0) is 6.42 Å². The third-order valence-corrected chi connectivity index (χ3v) is 4.91. The van der Waals surface area contributed by atoms with Crippen molar-refractivity contribution in [2.45, 2.75) is 13.3 Å². The van der Waals surface area contributed by atoms with Gasteiger partial charge in [-0.1, -0.05) is 6.92 Å². The lowest BCUT2D eigenvalue weighted by Crippen LogP contribution is -2.17. The van der Waals surface area contributed by atoms with Crippen molar-refractivity contribution in [3.05, 3.63) is 71.0 Å². The molecule has 7 nitrogen and oxygen atoms in total. The van der Waals surface area contributed by atoms with Gasteiger partial charge >= 0.3 is 0 Å². The Hall–Kier alpha value is -3.60. The standard InChI is InChI=1S/C19H13F3N6OS/c1-2-14-11(9-28(27-14)19-23-3-4-30-19)15-7-25-16(8-24-15)26-18(29)17-12(21)5-10(20)6-13(17)22/h3-9H,2H2,1H3,(H,25,26,29). The Labute approximate surface area is 172 Å². The molecule has 0 saturated carbocycles. The van der Waals surface area contributed by atoms with E-state index in [2.05, 4.69) is 25.4 Å². The molecule has 1 amide bonds. The van der Waals surface area contributed by atoms with Crippen molar-refractivity contribution in [2.24, 2.45) is 0 Å². The number of aryl methyl sites for hydroxylation is 1. The number of halogens is 3. The third-order valence-electron chi connectivity index (χ3n) is 4.14. The lowest BCUT2D eigenvalue weighted by Gasteiger charge is -2.07. The fourth-order valence-corrected chi connectivity index (χ4v) is 3.35. The topological polar surface area (TPSA) is 85.6 Å². The summed E-state index contributed by atoms with van der Waals surface area (Å²) in [5.74, 6) is -4.85. The van der Waals surface area contributed by atoms with Gasteiger partial charge in [0.1, 0.15) is 23.0 Å². The molecule has 1 aromatic carbocycles. The van der Waals surface area contributed by atoms with Gasteiger partial charge in [0, 0.05) is 35.5 Å². The Balaban J connectivity index is 1.57. The van der Waals surface area contributed by atoms with E-state index in [0.717, 1.165) is 11.3 Å². The van der Waals surface area contributed by atoms with Crippen LogP contribution in [0.3, 0.4) is 0 Å². The first-order valence-corrected chi connectivity index (χ1v) is 9.61. The molecule has 3 heterocycles. The summed E-state index contributed by atoms with van der Waals surface area (Å²) in [5.41, 5.74) is 1.13. The number of hydrogen-bond acceptors (Lipinski definition) is 6. The summed E-state index contributed by atoms with van der Waals surface area (Å²) in [4.78, 5) is 24.7. The molecule has 0 saturated heterocycles. The van der Waals surface area contributed by atoms with Crippen molar-refractivity contribution >= 4 is 23.1 Å². The molecule has 11 heteroatoms. The van der Waals surface area contributed by atoms with Crippen LogP contribution in [0.25, 0.3) is 16.4 Å². The average Bonchev–Trinajstić information content (AvgIpc) is 3.37. The zero-order chi connectivity index (χ0) is 21.3. The summed E-state index contributed by atoms with van der Waals surface area (Å²) in [5, 5.41) is 9.29. The smallest absolute Gasteiger partial charge is 0.262 e. The number of hydrogen-bond donors (Lipinski definition) is 1. The summed E-state index contributed by atoms with van der Waals surface area (Å²) in [6.45, 7) is 1.95. The van der Waals surface area contributed by atoms with E-state index >= 15 is 0 Å². The number of benzene rings is 1. The van der Waals surface area contributed by atoms with Crippen LogP contribution in [0.4, 0.5) is 19.0 Å². The number of nitrogens with zero attached hydrogens (tertiary/aromatic N) is 5. The molecule has 30 heavy (non-hydrogen) atoms. The minimum atomic E-state index is -1.31. The molecule has 3 aromatic heterocycles. The summed E-state index contributed by atoms with van der Waals surface area (Å²) < 4.78 is 42.2. The molecule has 0 aliphatic carbocycles. The molecule has 4 aromatic rings. The van der Waals surface area contributed by atoms with Crippen LogP contribution in [-0.2, 0) is 6.42 Å². The van der Waals surface area contributed by atoms with Gasteiger partial charge in [0.15, 0.2) is 5.82 Å². The molecule has 0 fully saturated rings. The quantitative estimate of drug-likeness (QED) is 0.517. The fraction of sp³-hybridized carbons (Fsp3) is 0.105. The van der Waals surface area contributed by atoms with E-state index < -0.39 is 28.9 Å². The average molecular weight is 430 g/mol. The Bertz CT molecular complexity index is 1180. The first-order chi connectivity index (χ1) is 14.5. The second-order valence-electron chi connectivity index (χ2n) is 6.09. The number of carbonyl (C=O) groups excluding carboxylic acids is 1. The number of amides is 1. The van der Waals surface area contributed by atoms with E-state index in [1.807, 2.05) is 12.3 Å². The molecule has 0 bridgehead atoms.